The molecule has 0 spiro atoms. The minimum Gasteiger partial charge on any atom is -0.381 e. The molecule has 0 aliphatic carbocycles. The fourth-order valence-corrected chi connectivity index (χ4v) is 3.50. The molecule has 152 valence electrons. The van der Waals surface area contributed by atoms with E-state index < -0.39 is 0 Å². The number of carbonyl (C=O) groups is 1. The molecule has 3 aromatic heterocycles. The van der Waals surface area contributed by atoms with Gasteiger partial charge in [0.2, 0.25) is 0 Å². The average molecular weight is 395 g/mol. The molecule has 10 heteroatoms. The summed E-state index contributed by atoms with van der Waals surface area (Å²) in [5, 5.41) is 10.3. The Hall–Kier alpha value is -3.24. The molecule has 0 atom stereocenters. The maximum absolute atomic E-state index is 13.1. The van der Waals surface area contributed by atoms with Crippen molar-refractivity contribution >= 4 is 28.7 Å². The monoisotopic (exact) mass is 395 g/mol. The number of hydrogen-bond acceptors (Lipinski definition) is 8. The van der Waals surface area contributed by atoms with E-state index >= 15 is 0 Å². The highest BCUT2D eigenvalue weighted by atomic mass is 16.1. The normalized spacial score (nSPS) is 15.0. The minimum atomic E-state index is -0.352. The lowest BCUT2D eigenvalue weighted by molar-refractivity contribution is 0.102. The molecule has 4 rings (SSSR count). The number of aromatic nitrogens is 4. The number of piperazine rings is 1. The van der Waals surface area contributed by atoms with Crippen LogP contribution in [0.4, 0.5) is 17.2 Å². The van der Waals surface area contributed by atoms with E-state index in [0.717, 1.165) is 37.4 Å². The van der Waals surface area contributed by atoms with E-state index in [2.05, 4.69) is 42.5 Å². The Morgan fingerprint density at radius 1 is 1.24 bits per heavy atom. The summed E-state index contributed by atoms with van der Waals surface area (Å²) >= 11 is 0. The molecule has 10 nitrogen and oxygen atoms in total. The molecule has 0 bridgehead atoms. The smallest absolute Gasteiger partial charge is 0.263 e. The van der Waals surface area contributed by atoms with Crippen molar-refractivity contribution in [2.75, 3.05) is 56.2 Å². The molecule has 3 aromatic rings. The van der Waals surface area contributed by atoms with Gasteiger partial charge in [-0.15, -0.1) is 5.10 Å². The second-order valence-corrected chi connectivity index (χ2v) is 7.16. The van der Waals surface area contributed by atoms with Crippen molar-refractivity contribution in [2.24, 2.45) is 0 Å². The maximum atomic E-state index is 13.1. The number of nitrogen functional groups attached to an aromatic ring is 1. The third-order valence-corrected chi connectivity index (χ3v) is 5.05. The van der Waals surface area contributed by atoms with Crippen LogP contribution in [0.5, 0.6) is 0 Å². The van der Waals surface area contributed by atoms with Crippen LogP contribution in [0.15, 0.2) is 30.9 Å². The van der Waals surface area contributed by atoms with Gasteiger partial charge in [0.15, 0.2) is 11.5 Å². The van der Waals surface area contributed by atoms with Crippen molar-refractivity contribution in [3.8, 4) is 0 Å². The SMILES string of the molecule is CNCc1cnc2c(C(=O)Nc3cnccc3N3CCN(C)CC3)c(N)nn2c1. The summed E-state index contributed by atoms with van der Waals surface area (Å²) in [6.45, 7) is 4.36. The Balaban J connectivity index is 1.61. The first-order valence-corrected chi connectivity index (χ1v) is 9.53. The highest BCUT2D eigenvalue weighted by molar-refractivity contribution is 6.12. The van der Waals surface area contributed by atoms with Gasteiger partial charge >= 0.3 is 0 Å². The number of fused-ring (bicyclic) bond motifs is 1. The number of nitrogens with zero attached hydrogens (tertiary/aromatic N) is 6. The second-order valence-electron chi connectivity index (χ2n) is 7.16. The van der Waals surface area contributed by atoms with Crippen LogP contribution in [-0.2, 0) is 6.54 Å². The fraction of sp³-hybridized carbons (Fsp3) is 0.368. The summed E-state index contributed by atoms with van der Waals surface area (Å²) in [4.78, 5) is 26.2. The molecule has 4 heterocycles. The lowest BCUT2D eigenvalue weighted by Gasteiger charge is -2.34. The first-order valence-electron chi connectivity index (χ1n) is 9.53. The van der Waals surface area contributed by atoms with Gasteiger partial charge in [-0.3, -0.25) is 9.78 Å². The Morgan fingerprint density at radius 2 is 2.03 bits per heavy atom. The lowest BCUT2D eigenvalue weighted by atomic mass is 10.2. The molecule has 0 saturated carbocycles. The molecule has 0 radical (unpaired) electrons. The molecule has 1 aliphatic heterocycles. The number of likely N-dealkylation sites (N-methyl/N-ethyl adjacent to an activating group) is 1. The third-order valence-electron chi connectivity index (χ3n) is 5.05. The Labute approximate surface area is 168 Å². The zero-order valence-corrected chi connectivity index (χ0v) is 16.6. The van der Waals surface area contributed by atoms with E-state index in [4.69, 9.17) is 5.73 Å². The molecule has 1 aliphatic rings. The Morgan fingerprint density at radius 3 is 2.79 bits per heavy atom. The molecule has 4 N–H and O–H groups in total. The number of nitrogens with two attached hydrogens (primary N) is 1. The summed E-state index contributed by atoms with van der Waals surface area (Å²) in [6.07, 6.45) is 6.92. The molecule has 1 fully saturated rings. The molecule has 29 heavy (non-hydrogen) atoms. The van der Waals surface area contributed by atoms with Crippen LogP contribution in [0.3, 0.4) is 0 Å². The molecular formula is C19H25N9O. The number of nitrogens with one attached hydrogen (secondary N) is 2. The average Bonchev–Trinajstić information content (AvgIpc) is 3.04. The van der Waals surface area contributed by atoms with Crippen molar-refractivity contribution in [3.63, 3.8) is 0 Å². The Bertz CT molecular complexity index is 1020. The molecule has 0 unspecified atom stereocenters. The van der Waals surface area contributed by atoms with Crippen molar-refractivity contribution in [1.82, 2.24) is 29.8 Å². The van der Waals surface area contributed by atoms with Crippen molar-refractivity contribution in [1.29, 1.82) is 0 Å². The van der Waals surface area contributed by atoms with Crippen molar-refractivity contribution in [2.45, 2.75) is 6.54 Å². The summed E-state index contributed by atoms with van der Waals surface area (Å²) in [5.41, 5.74) is 9.26. The standard InChI is InChI=1S/C19H25N9O/c1-21-9-13-10-23-18-16(17(20)25-28(18)12-13)19(29)24-14-11-22-4-3-15(14)27-7-5-26(2)6-8-27/h3-4,10-12,21H,5-9H2,1-2H3,(H2,20,25)(H,24,29). The summed E-state index contributed by atoms with van der Waals surface area (Å²) in [6, 6.07) is 1.92. The Kier molecular flexibility index (Phi) is 5.28. The van der Waals surface area contributed by atoms with Gasteiger partial charge in [0.05, 0.1) is 17.6 Å². The van der Waals surface area contributed by atoms with E-state index in [0.29, 0.717) is 17.9 Å². The largest absolute Gasteiger partial charge is 0.381 e. The molecule has 1 amide bonds. The first kappa shape index (κ1) is 19.1. The number of hydrogen-bond donors (Lipinski definition) is 3. The summed E-state index contributed by atoms with van der Waals surface area (Å²) in [5.74, 6) is -0.212. The second kappa shape index (κ2) is 8.02. The van der Waals surface area contributed by atoms with Gasteiger partial charge < -0.3 is 26.2 Å². The maximum Gasteiger partial charge on any atom is 0.263 e. The predicted molar refractivity (Wildman–Crippen MR) is 112 cm³/mol. The molecular weight excluding hydrogens is 370 g/mol. The van der Waals surface area contributed by atoms with Crippen LogP contribution in [-0.4, -0.2) is 70.7 Å². The van der Waals surface area contributed by atoms with Crippen LogP contribution >= 0.6 is 0 Å². The van der Waals surface area contributed by atoms with Gasteiger partial charge in [-0.25, -0.2) is 9.50 Å². The van der Waals surface area contributed by atoms with Gasteiger partial charge in [-0.05, 0) is 20.2 Å². The van der Waals surface area contributed by atoms with E-state index in [-0.39, 0.29) is 17.3 Å². The van der Waals surface area contributed by atoms with Gasteiger partial charge in [-0.1, -0.05) is 0 Å². The van der Waals surface area contributed by atoms with E-state index in [1.807, 2.05) is 19.3 Å². The van der Waals surface area contributed by atoms with E-state index in [9.17, 15) is 4.79 Å². The van der Waals surface area contributed by atoms with Gasteiger partial charge in [0, 0.05) is 56.9 Å². The van der Waals surface area contributed by atoms with Crippen LogP contribution in [0.1, 0.15) is 15.9 Å². The molecule has 0 aromatic carbocycles. The van der Waals surface area contributed by atoms with E-state index in [1.165, 1.54) is 0 Å². The highest BCUT2D eigenvalue weighted by Gasteiger charge is 2.22. The zero-order valence-electron chi connectivity index (χ0n) is 16.6. The van der Waals surface area contributed by atoms with Crippen LogP contribution < -0.4 is 21.3 Å². The fourth-order valence-electron chi connectivity index (χ4n) is 3.50. The van der Waals surface area contributed by atoms with Gasteiger partial charge in [0.25, 0.3) is 5.91 Å². The number of pyridine rings is 1. The number of anilines is 3. The third kappa shape index (κ3) is 3.84. The van der Waals surface area contributed by atoms with Crippen LogP contribution in [0, 0.1) is 0 Å². The quantitative estimate of drug-likeness (QED) is 0.569. The number of amides is 1. The van der Waals surface area contributed by atoms with Gasteiger partial charge in [0.1, 0.15) is 5.56 Å². The van der Waals surface area contributed by atoms with E-state index in [1.54, 1.807) is 23.1 Å². The summed E-state index contributed by atoms with van der Waals surface area (Å²) < 4.78 is 1.54. The van der Waals surface area contributed by atoms with Crippen LogP contribution in [0.25, 0.3) is 5.65 Å². The van der Waals surface area contributed by atoms with Crippen molar-refractivity contribution in [3.05, 3.63) is 42.0 Å². The summed E-state index contributed by atoms with van der Waals surface area (Å²) in [7, 11) is 3.96. The lowest BCUT2D eigenvalue weighted by Crippen LogP contribution is -2.44. The topological polar surface area (TPSA) is 117 Å². The number of rotatable bonds is 5. The number of carbonyl (C=O) groups excluding carboxylic acids is 1. The predicted octanol–water partition coefficient (Wildman–Crippen LogP) is 0.430. The first-order chi connectivity index (χ1) is 14.1. The van der Waals surface area contributed by atoms with Crippen molar-refractivity contribution < 1.29 is 4.79 Å². The van der Waals surface area contributed by atoms with Gasteiger partial charge in [-0.2, -0.15) is 0 Å². The minimum absolute atomic E-state index is 0.140. The zero-order chi connectivity index (χ0) is 20.4. The highest BCUT2D eigenvalue weighted by Crippen LogP contribution is 2.27. The van der Waals surface area contributed by atoms with Crippen LogP contribution in [0.2, 0.25) is 0 Å². The molecule has 1 saturated heterocycles.